The Morgan fingerprint density at radius 3 is 2.63 bits per heavy atom. The number of likely N-dealkylation sites (tertiary alicyclic amines) is 1. The van der Waals surface area contributed by atoms with Crippen LogP contribution in [0.1, 0.15) is 30.2 Å². The van der Waals surface area contributed by atoms with Crippen LogP contribution in [0.3, 0.4) is 0 Å². The fourth-order valence-corrected chi connectivity index (χ4v) is 4.23. The summed E-state index contributed by atoms with van der Waals surface area (Å²) < 4.78 is 6.00. The molecule has 0 bridgehead atoms. The first-order chi connectivity index (χ1) is 14.4. The first-order valence-corrected chi connectivity index (χ1v) is 10.3. The molecular formula is C23H24ClN3O3. The van der Waals surface area contributed by atoms with E-state index in [-0.39, 0.29) is 5.69 Å². The smallest absolute Gasteiger partial charge is 0.281 e. The lowest BCUT2D eigenvalue weighted by Gasteiger charge is -2.24. The number of hydrogen-bond donors (Lipinski definition) is 0. The van der Waals surface area contributed by atoms with Crippen molar-refractivity contribution in [1.82, 2.24) is 4.90 Å². The minimum absolute atomic E-state index is 0.0524. The van der Waals surface area contributed by atoms with Gasteiger partial charge in [0, 0.05) is 36.9 Å². The van der Waals surface area contributed by atoms with Crippen molar-refractivity contribution in [2.24, 2.45) is 0 Å². The van der Waals surface area contributed by atoms with E-state index in [9.17, 15) is 10.1 Å². The number of anilines is 1. The summed E-state index contributed by atoms with van der Waals surface area (Å²) in [5, 5.41) is 11.7. The zero-order valence-corrected chi connectivity index (χ0v) is 17.8. The molecule has 2 heterocycles. The van der Waals surface area contributed by atoms with Gasteiger partial charge in [0.1, 0.15) is 11.5 Å². The SMILES string of the molecule is CN(C)c1ccc(C2CCCN2Cc2ccc(-c3ccc(Cl)cc3[N+](=O)[O-])o2)cc1. The highest BCUT2D eigenvalue weighted by Crippen LogP contribution is 2.36. The number of benzene rings is 2. The van der Waals surface area contributed by atoms with Gasteiger partial charge in [-0.3, -0.25) is 15.0 Å². The van der Waals surface area contributed by atoms with Crippen molar-refractivity contribution in [3.05, 3.63) is 81.1 Å². The molecule has 2 aromatic carbocycles. The second-order valence-electron chi connectivity index (χ2n) is 7.80. The number of nitro groups is 1. The fraction of sp³-hybridized carbons (Fsp3) is 0.304. The maximum Gasteiger partial charge on any atom is 0.281 e. The average molecular weight is 426 g/mol. The van der Waals surface area contributed by atoms with Crippen LogP contribution in [0.5, 0.6) is 0 Å². The Labute approximate surface area is 180 Å². The highest BCUT2D eigenvalue weighted by molar-refractivity contribution is 6.30. The number of furan rings is 1. The van der Waals surface area contributed by atoms with Crippen molar-refractivity contribution in [2.75, 3.05) is 25.5 Å². The summed E-state index contributed by atoms with van der Waals surface area (Å²) in [7, 11) is 4.08. The molecule has 1 saturated heterocycles. The van der Waals surface area contributed by atoms with Crippen LogP contribution in [0.25, 0.3) is 11.3 Å². The van der Waals surface area contributed by atoms with Gasteiger partial charge < -0.3 is 9.32 Å². The number of rotatable bonds is 6. The fourth-order valence-electron chi connectivity index (χ4n) is 4.06. The molecule has 1 aliphatic rings. The van der Waals surface area contributed by atoms with E-state index < -0.39 is 4.92 Å². The van der Waals surface area contributed by atoms with Gasteiger partial charge in [0.2, 0.25) is 0 Å². The van der Waals surface area contributed by atoms with Crippen LogP contribution in [0.15, 0.2) is 59.0 Å². The Bertz CT molecular complexity index is 1050. The lowest BCUT2D eigenvalue weighted by molar-refractivity contribution is -0.384. The third kappa shape index (κ3) is 4.20. The zero-order valence-electron chi connectivity index (χ0n) is 17.0. The van der Waals surface area contributed by atoms with E-state index in [2.05, 4.69) is 34.1 Å². The van der Waals surface area contributed by atoms with Crippen LogP contribution in [0.2, 0.25) is 5.02 Å². The molecule has 30 heavy (non-hydrogen) atoms. The van der Waals surface area contributed by atoms with E-state index in [0.29, 0.717) is 28.9 Å². The molecule has 3 aromatic rings. The molecule has 4 rings (SSSR count). The minimum Gasteiger partial charge on any atom is -0.459 e. The number of nitrogens with zero attached hydrogens (tertiary/aromatic N) is 3. The summed E-state index contributed by atoms with van der Waals surface area (Å²) in [4.78, 5) is 15.5. The molecule has 1 aliphatic heterocycles. The first kappa shape index (κ1) is 20.4. The lowest BCUT2D eigenvalue weighted by atomic mass is 10.0. The Morgan fingerprint density at radius 2 is 1.93 bits per heavy atom. The highest BCUT2D eigenvalue weighted by Gasteiger charge is 2.27. The Balaban J connectivity index is 1.53. The van der Waals surface area contributed by atoms with Gasteiger partial charge in [-0.05, 0) is 61.3 Å². The van der Waals surface area contributed by atoms with Gasteiger partial charge in [-0.1, -0.05) is 23.7 Å². The second-order valence-corrected chi connectivity index (χ2v) is 8.24. The molecule has 0 amide bonds. The molecule has 1 atom stereocenters. The quantitative estimate of drug-likeness (QED) is 0.362. The first-order valence-electron chi connectivity index (χ1n) is 9.97. The molecule has 7 heteroatoms. The predicted octanol–water partition coefficient (Wildman–Crippen LogP) is 5.91. The van der Waals surface area contributed by atoms with Gasteiger partial charge in [-0.2, -0.15) is 0 Å². The summed E-state index contributed by atoms with van der Waals surface area (Å²) in [6, 6.07) is 17.4. The van der Waals surface area contributed by atoms with Crippen LogP contribution in [-0.4, -0.2) is 30.5 Å². The molecule has 1 aromatic heterocycles. The normalized spacial score (nSPS) is 16.7. The molecule has 0 spiro atoms. The molecular weight excluding hydrogens is 402 g/mol. The Hall–Kier alpha value is -2.83. The standard InChI is InChI=1S/C23H24ClN3O3/c1-25(2)18-8-5-16(6-9-18)21-4-3-13-26(21)15-19-10-12-23(30-19)20-11-7-17(24)14-22(20)27(28)29/h5-12,14,21H,3-4,13,15H2,1-2H3. The second kappa shape index (κ2) is 8.50. The van der Waals surface area contributed by atoms with Gasteiger partial charge in [-0.15, -0.1) is 0 Å². The summed E-state index contributed by atoms with van der Waals surface area (Å²) in [6.45, 7) is 1.67. The van der Waals surface area contributed by atoms with Crippen LogP contribution in [-0.2, 0) is 6.54 Å². The Kier molecular flexibility index (Phi) is 5.79. The third-order valence-corrected chi connectivity index (χ3v) is 5.84. The highest BCUT2D eigenvalue weighted by atomic mass is 35.5. The van der Waals surface area contributed by atoms with Crippen molar-refractivity contribution in [3.63, 3.8) is 0 Å². The van der Waals surface area contributed by atoms with E-state index in [4.69, 9.17) is 16.0 Å². The molecule has 1 fully saturated rings. The molecule has 0 radical (unpaired) electrons. The molecule has 1 unspecified atom stereocenters. The zero-order chi connectivity index (χ0) is 21.3. The summed E-state index contributed by atoms with van der Waals surface area (Å²) in [5.74, 6) is 1.28. The van der Waals surface area contributed by atoms with Crippen molar-refractivity contribution in [2.45, 2.75) is 25.4 Å². The lowest BCUT2D eigenvalue weighted by Crippen LogP contribution is -2.22. The predicted molar refractivity (Wildman–Crippen MR) is 119 cm³/mol. The van der Waals surface area contributed by atoms with E-state index in [1.54, 1.807) is 18.2 Å². The van der Waals surface area contributed by atoms with Gasteiger partial charge >= 0.3 is 0 Å². The number of hydrogen-bond acceptors (Lipinski definition) is 5. The maximum atomic E-state index is 11.4. The van der Waals surface area contributed by atoms with Crippen molar-refractivity contribution < 1.29 is 9.34 Å². The van der Waals surface area contributed by atoms with Crippen LogP contribution < -0.4 is 4.90 Å². The average Bonchev–Trinajstić information content (AvgIpc) is 3.38. The summed E-state index contributed by atoms with van der Waals surface area (Å²) >= 11 is 5.92. The monoisotopic (exact) mass is 425 g/mol. The molecule has 156 valence electrons. The molecule has 0 aliphatic carbocycles. The number of halogens is 1. The largest absolute Gasteiger partial charge is 0.459 e. The van der Waals surface area contributed by atoms with Crippen molar-refractivity contribution in [3.8, 4) is 11.3 Å². The van der Waals surface area contributed by atoms with Crippen molar-refractivity contribution >= 4 is 23.0 Å². The maximum absolute atomic E-state index is 11.4. The summed E-state index contributed by atoms with van der Waals surface area (Å²) in [5.41, 5.74) is 2.87. The topological polar surface area (TPSA) is 62.8 Å². The van der Waals surface area contributed by atoms with E-state index in [1.165, 1.54) is 17.3 Å². The van der Waals surface area contributed by atoms with Crippen LogP contribution in [0.4, 0.5) is 11.4 Å². The van der Waals surface area contributed by atoms with Gasteiger partial charge in [0.05, 0.1) is 17.0 Å². The van der Waals surface area contributed by atoms with E-state index in [1.807, 2.05) is 20.2 Å². The Morgan fingerprint density at radius 1 is 1.17 bits per heavy atom. The summed E-state index contributed by atoms with van der Waals surface area (Å²) in [6.07, 6.45) is 2.24. The molecule has 0 saturated carbocycles. The number of nitro benzene ring substituents is 1. The van der Waals surface area contributed by atoms with Crippen LogP contribution >= 0.6 is 11.6 Å². The molecule has 0 N–H and O–H groups in total. The van der Waals surface area contributed by atoms with Gasteiger partial charge in [0.25, 0.3) is 5.69 Å². The minimum atomic E-state index is -0.433. The van der Waals surface area contributed by atoms with Crippen LogP contribution in [0, 0.1) is 10.1 Å². The van der Waals surface area contributed by atoms with Crippen molar-refractivity contribution in [1.29, 1.82) is 0 Å². The van der Waals surface area contributed by atoms with E-state index in [0.717, 1.165) is 25.1 Å². The van der Waals surface area contributed by atoms with Gasteiger partial charge in [-0.25, -0.2) is 0 Å². The van der Waals surface area contributed by atoms with E-state index >= 15 is 0 Å². The third-order valence-electron chi connectivity index (χ3n) is 5.60. The molecule has 6 nitrogen and oxygen atoms in total. The van der Waals surface area contributed by atoms with Gasteiger partial charge in [0.15, 0.2) is 0 Å².